The summed E-state index contributed by atoms with van der Waals surface area (Å²) in [6.45, 7) is 0. The molecule has 0 fully saturated rings. The molecule has 6 nitrogen and oxygen atoms in total. The molecule has 1 N–H and O–H groups in total. The van der Waals surface area contributed by atoms with E-state index in [0.29, 0.717) is 0 Å². The first-order chi connectivity index (χ1) is 19.1. The largest absolute Gasteiger partial charge is 0.378 e. The lowest BCUT2D eigenvalue weighted by Crippen LogP contribution is -2.31. The van der Waals surface area contributed by atoms with Crippen LogP contribution in [0.3, 0.4) is 0 Å². The summed E-state index contributed by atoms with van der Waals surface area (Å²) in [6, 6.07) is 33.0. The lowest BCUT2D eigenvalue weighted by molar-refractivity contribution is -0.142. The van der Waals surface area contributed by atoms with Crippen molar-refractivity contribution in [3.63, 3.8) is 0 Å². The van der Waals surface area contributed by atoms with Gasteiger partial charge >= 0.3 is 0 Å². The molecule has 0 aromatic heterocycles. The Morgan fingerprint density at radius 2 is 0.525 bits per heavy atom. The van der Waals surface area contributed by atoms with Crippen molar-refractivity contribution in [1.29, 1.82) is 0 Å². The van der Waals surface area contributed by atoms with E-state index in [1.54, 1.807) is 0 Å². The maximum absolute atomic E-state index is 12.3. The van der Waals surface area contributed by atoms with Crippen LogP contribution >= 0.6 is 0 Å². The monoisotopic (exact) mass is 537 g/mol. The summed E-state index contributed by atoms with van der Waals surface area (Å²) in [7, 11) is 16.3. The molecule has 0 radical (unpaired) electrons. The van der Waals surface area contributed by atoms with Gasteiger partial charge in [0.2, 0.25) is 0 Å². The van der Waals surface area contributed by atoms with E-state index in [0.717, 1.165) is 45.0 Å². The van der Waals surface area contributed by atoms with Gasteiger partial charge in [-0.15, -0.1) is 0 Å². The highest BCUT2D eigenvalue weighted by atomic mass is 16.5. The lowest BCUT2D eigenvalue weighted by atomic mass is 9.92. The summed E-state index contributed by atoms with van der Waals surface area (Å²) < 4.78 is 0. The van der Waals surface area contributed by atoms with E-state index in [2.05, 4.69) is 117 Å². The van der Waals surface area contributed by atoms with Crippen molar-refractivity contribution in [1.82, 2.24) is 5.06 Å². The van der Waals surface area contributed by atoms with Crippen LogP contribution in [0.25, 0.3) is 0 Å². The first-order valence-electron chi connectivity index (χ1n) is 13.6. The number of benzene rings is 4. The zero-order chi connectivity index (χ0) is 29.0. The fraction of sp³-hybridized carbons (Fsp3) is 0.294. The highest BCUT2D eigenvalue weighted by Gasteiger charge is 2.31. The van der Waals surface area contributed by atoms with Crippen LogP contribution in [0.5, 0.6) is 0 Å². The van der Waals surface area contributed by atoms with Crippen molar-refractivity contribution in [3.05, 3.63) is 119 Å². The highest BCUT2D eigenvalue weighted by Crippen LogP contribution is 2.39. The number of nitrogens with zero attached hydrogens (tertiary/aromatic N) is 5. The lowest BCUT2D eigenvalue weighted by Gasteiger charge is -2.35. The minimum Gasteiger partial charge on any atom is -0.378 e. The molecule has 0 saturated heterocycles. The van der Waals surface area contributed by atoms with Crippen LogP contribution in [-0.2, 0) is 0 Å². The van der Waals surface area contributed by atoms with Crippen LogP contribution in [0.1, 0.15) is 34.3 Å². The fourth-order valence-corrected chi connectivity index (χ4v) is 4.96. The third-order valence-corrected chi connectivity index (χ3v) is 7.43. The first-order valence-corrected chi connectivity index (χ1v) is 13.6. The molecule has 4 aromatic rings. The zero-order valence-electron chi connectivity index (χ0n) is 25.1. The summed E-state index contributed by atoms with van der Waals surface area (Å²) in [5.74, 6) is 0. The van der Waals surface area contributed by atoms with Crippen molar-refractivity contribution in [2.75, 3.05) is 76.0 Å². The van der Waals surface area contributed by atoms with Gasteiger partial charge in [0.25, 0.3) is 0 Å². The Bertz CT molecular complexity index is 1140. The number of hydrogen-bond donors (Lipinski definition) is 1. The predicted molar refractivity (Wildman–Crippen MR) is 170 cm³/mol. The van der Waals surface area contributed by atoms with Crippen LogP contribution in [0, 0.1) is 0 Å². The molecule has 0 spiro atoms. The van der Waals surface area contributed by atoms with Crippen molar-refractivity contribution in [2.45, 2.75) is 12.1 Å². The van der Waals surface area contributed by atoms with Crippen LogP contribution in [0.2, 0.25) is 0 Å². The molecule has 4 rings (SSSR count). The summed E-state index contributed by atoms with van der Waals surface area (Å²) in [5.41, 5.74) is 8.54. The van der Waals surface area contributed by atoms with Gasteiger partial charge in [-0.2, -0.15) is 5.06 Å². The summed E-state index contributed by atoms with van der Waals surface area (Å²) >= 11 is 0. The SMILES string of the molecule is CN(C)c1ccc(C(c2ccc(N(C)C)cc2)N(O)C(c2ccc(N(C)C)cc2)c2ccc(N(C)C)cc2)cc1. The molecule has 0 aliphatic carbocycles. The van der Waals surface area contributed by atoms with E-state index in [9.17, 15) is 5.21 Å². The molecule has 0 atom stereocenters. The Morgan fingerprint density at radius 1 is 0.350 bits per heavy atom. The third kappa shape index (κ3) is 6.41. The van der Waals surface area contributed by atoms with Crippen LogP contribution in [0.4, 0.5) is 22.7 Å². The maximum Gasteiger partial charge on any atom is 0.0860 e. The molecule has 6 heteroatoms. The Balaban J connectivity index is 1.85. The minimum atomic E-state index is -0.389. The first kappa shape index (κ1) is 29.0. The van der Waals surface area contributed by atoms with Gasteiger partial charge in [-0.1, -0.05) is 48.5 Å². The summed E-state index contributed by atoms with van der Waals surface area (Å²) in [6.07, 6.45) is 0. The average Bonchev–Trinajstić information content (AvgIpc) is 2.94. The van der Waals surface area contributed by atoms with Gasteiger partial charge in [0.05, 0.1) is 12.1 Å². The summed E-state index contributed by atoms with van der Waals surface area (Å²) in [4.78, 5) is 8.34. The van der Waals surface area contributed by atoms with Crippen LogP contribution in [0.15, 0.2) is 97.1 Å². The normalized spacial score (nSPS) is 11.3. The molecule has 40 heavy (non-hydrogen) atoms. The third-order valence-electron chi connectivity index (χ3n) is 7.43. The molecular formula is C34H43N5O. The standard InChI is InChI=1S/C34H43N5O/c1-35(2)29-17-9-25(10-18-29)33(26-11-19-30(20-12-26)36(3)4)39(40)34(27-13-21-31(22-14-27)37(5)6)28-15-23-32(24-16-28)38(7)8/h9-24,33-34,40H,1-8H3. The van der Waals surface area contributed by atoms with Gasteiger partial charge in [0.15, 0.2) is 0 Å². The van der Waals surface area contributed by atoms with Gasteiger partial charge in [-0.3, -0.25) is 0 Å². The molecule has 0 aliphatic heterocycles. The molecule has 0 saturated carbocycles. The highest BCUT2D eigenvalue weighted by molar-refractivity contribution is 5.53. The van der Waals surface area contributed by atoms with E-state index < -0.39 is 0 Å². The minimum absolute atomic E-state index is 0.389. The van der Waals surface area contributed by atoms with Crippen molar-refractivity contribution in [2.24, 2.45) is 0 Å². The Hall–Kier alpha value is -4.00. The van der Waals surface area contributed by atoms with Gasteiger partial charge in [-0.25, -0.2) is 0 Å². The second-order valence-corrected chi connectivity index (χ2v) is 11.1. The van der Waals surface area contributed by atoms with Crippen molar-refractivity contribution < 1.29 is 5.21 Å². The Morgan fingerprint density at radius 3 is 0.675 bits per heavy atom. The molecular weight excluding hydrogens is 494 g/mol. The Kier molecular flexibility index (Phi) is 9.03. The average molecular weight is 538 g/mol. The predicted octanol–water partition coefficient (Wildman–Crippen LogP) is 6.52. The zero-order valence-corrected chi connectivity index (χ0v) is 25.1. The van der Waals surface area contributed by atoms with Gasteiger partial charge < -0.3 is 24.8 Å². The van der Waals surface area contributed by atoms with Crippen LogP contribution in [-0.4, -0.2) is 66.7 Å². The number of anilines is 4. The number of hydroxylamine groups is 2. The van der Waals surface area contributed by atoms with E-state index in [1.807, 2.05) is 56.4 Å². The van der Waals surface area contributed by atoms with Crippen LogP contribution < -0.4 is 19.6 Å². The van der Waals surface area contributed by atoms with E-state index in [1.165, 1.54) is 5.06 Å². The second-order valence-electron chi connectivity index (χ2n) is 11.1. The quantitative estimate of drug-likeness (QED) is 0.232. The van der Waals surface area contributed by atoms with E-state index in [4.69, 9.17) is 0 Å². The topological polar surface area (TPSA) is 36.4 Å². The van der Waals surface area contributed by atoms with Crippen molar-refractivity contribution in [3.8, 4) is 0 Å². The maximum atomic E-state index is 12.3. The van der Waals surface area contributed by atoms with E-state index >= 15 is 0 Å². The molecule has 210 valence electrons. The smallest absolute Gasteiger partial charge is 0.0860 e. The van der Waals surface area contributed by atoms with Gasteiger partial charge in [0, 0.05) is 79.1 Å². The fourth-order valence-electron chi connectivity index (χ4n) is 4.96. The Labute approximate surface area is 240 Å². The molecule has 0 aliphatic rings. The molecule has 0 unspecified atom stereocenters. The molecule has 4 aromatic carbocycles. The van der Waals surface area contributed by atoms with E-state index in [-0.39, 0.29) is 12.1 Å². The number of rotatable bonds is 10. The molecule has 0 bridgehead atoms. The number of hydrogen-bond acceptors (Lipinski definition) is 6. The molecule has 0 heterocycles. The second kappa shape index (κ2) is 12.5. The van der Waals surface area contributed by atoms with Crippen molar-refractivity contribution >= 4 is 22.7 Å². The summed E-state index contributed by atoms with van der Waals surface area (Å²) in [5, 5.41) is 13.8. The molecule has 0 amide bonds. The van der Waals surface area contributed by atoms with Gasteiger partial charge in [-0.05, 0) is 70.8 Å². The van der Waals surface area contributed by atoms with Gasteiger partial charge in [0.1, 0.15) is 0 Å².